The van der Waals surface area contributed by atoms with Crippen LogP contribution in [0.5, 0.6) is 0 Å². The Morgan fingerprint density at radius 3 is 2.85 bits per heavy atom. The van der Waals surface area contributed by atoms with Crippen LogP contribution >= 0.6 is 0 Å². The lowest BCUT2D eigenvalue weighted by atomic mass is 10.1. The van der Waals surface area contributed by atoms with Crippen LogP contribution in [0.2, 0.25) is 0 Å². The lowest BCUT2D eigenvalue weighted by Crippen LogP contribution is -2.17. The molecule has 2 aromatic heterocycles. The average molecular weight is 269 g/mol. The molecule has 0 aliphatic heterocycles. The van der Waals surface area contributed by atoms with Gasteiger partial charge in [0.2, 0.25) is 0 Å². The molecule has 5 nitrogen and oxygen atoms in total. The number of aromatic nitrogens is 2. The number of hydrogen-bond donors (Lipinski definition) is 1. The number of aryl methyl sites for hydroxylation is 2. The zero-order chi connectivity index (χ0) is 14.1. The molecule has 0 aliphatic carbocycles. The summed E-state index contributed by atoms with van der Waals surface area (Å²) in [5.41, 5.74) is 2.48. The van der Waals surface area contributed by atoms with E-state index >= 15 is 0 Å². The number of rotatable bonds is 3. The molecule has 0 atom stereocenters. The number of hydrogen-bond acceptors (Lipinski definition) is 4. The van der Waals surface area contributed by atoms with E-state index in [4.69, 9.17) is 4.52 Å². The van der Waals surface area contributed by atoms with Gasteiger partial charge in [0.25, 0.3) is 5.56 Å². The van der Waals surface area contributed by atoms with E-state index in [0.29, 0.717) is 6.54 Å². The van der Waals surface area contributed by atoms with E-state index < -0.39 is 0 Å². The van der Waals surface area contributed by atoms with Crippen LogP contribution in [0.3, 0.4) is 0 Å². The van der Waals surface area contributed by atoms with Gasteiger partial charge in [-0.3, -0.25) is 4.79 Å². The number of nitrogens with one attached hydrogen (secondary N) is 1. The fraction of sp³-hybridized carbons (Fsp3) is 0.200. The van der Waals surface area contributed by atoms with Crippen LogP contribution in [0.1, 0.15) is 11.5 Å². The van der Waals surface area contributed by atoms with Crippen LogP contribution in [0.15, 0.2) is 45.7 Å². The highest BCUT2D eigenvalue weighted by atomic mass is 16.5. The molecule has 1 aromatic carbocycles. The summed E-state index contributed by atoms with van der Waals surface area (Å²) in [6.07, 6.45) is 0. The van der Waals surface area contributed by atoms with Gasteiger partial charge < -0.3 is 14.4 Å². The highest BCUT2D eigenvalue weighted by Crippen LogP contribution is 2.21. The van der Waals surface area contributed by atoms with Crippen LogP contribution < -0.4 is 10.9 Å². The number of fused-ring (bicyclic) bond motifs is 1. The van der Waals surface area contributed by atoms with E-state index in [1.807, 2.05) is 37.3 Å². The maximum absolute atomic E-state index is 12.0. The Morgan fingerprint density at radius 2 is 2.10 bits per heavy atom. The molecule has 0 fully saturated rings. The van der Waals surface area contributed by atoms with E-state index in [1.165, 1.54) is 0 Å². The number of benzene rings is 1. The van der Waals surface area contributed by atoms with Crippen molar-refractivity contribution in [3.63, 3.8) is 0 Å². The third-order valence-corrected chi connectivity index (χ3v) is 3.29. The fourth-order valence-electron chi connectivity index (χ4n) is 2.24. The van der Waals surface area contributed by atoms with Gasteiger partial charge in [0.15, 0.2) is 0 Å². The molecule has 0 saturated heterocycles. The Balaban J connectivity index is 1.99. The first kappa shape index (κ1) is 12.5. The van der Waals surface area contributed by atoms with E-state index in [-0.39, 0.29) is 5.56 Å². The predicted octanol–water partition coefficient (Wildman–Crippen LogP) is 2.45. The summed E-state index contributed by atoms with van der Waals surface area (Å²) in [6.45, 7) is 2.37. The van der Waals surface area contributed by atoms with Crippen molar-refractivity contribution in [3.8, 4) is 0 Å². The van der Waals surface area contributed by atoms with Crippen molar-refractivity contribution in [2.45, 2.75) is 13.5 Å². The molecule has 5 heteroatoms. The fourth-order valence-corrected chi connectivity index (χ4v) is 2.24. The Kier molecular flexibility index (Phi) is 3.02. The molecule has 3 aromatic rings. The first-order valence-electron chi connectivity index (χ1n) is 6.40. The zero-order valence-corrected chi connectivity index (χ0v) is 11.4. The third kappa shape index (κ3) is 2.18. The molecular weight excluding hydrogens is 254 g/mol. The second-order valence-electron chi connectivity index (χ2n) is 4.75. The van der Waals surface area contributed by atoms with E-state index in [1.54, 1.807) is 17.7 Å². The van der Waals surface area contributed by atoms with Crippen LogP contribution in [-0.4, -0.2) is 9.72 Å². The normalized spacial score (nSPS) is 10.9. The minimum absolute atomic E-state index is 0.0393. The van der Waals surface area contributed by atoms with Gasteiger partial charge in [-0.1, -0.05) is 23.4 Å². The Morgan fingerprint density at radius 1 is 1.30 bits per heavy atom. The molecule has 102 valence electrons. The Labute approximate surface area is 115 Å². The van der Waals surface area contributed by atoms with Crippen molar-refractivity contribution in [2.75, 3.05) is 5.32 Å². The highest BCUT2D eigenvalue weighted by Gasteiger charge is 2.07. The maximum atomic E-state index is 12.0. The molecule has 3 rings (SSSR count). The summed E-state index contributed by atoms with van der Waals surface area (Å²) >= 11 is 0. The maximum Gasteiger partial charge on any atom is 0.252 e. The number of para-hydroxylation sites is 1. The molecule has 0 saturated carbocycles. The van der Waals surface area contributed by atoms with Crippen LogP contribution in [0.4, 0.5) is 5.69 Å². The number of pyridine rings is 1. The lowest BCUT2D eigenvalue weighted by molar-refractivity contribution is 0.391. The quantitative estimate of drug-likeness (QED) is 0.793. The lowest BCUT2D eigenvalue weighted by Gasteiger charge is -2.11. The van der Waals surface area contributed by atoms with Gasteiger partial charge >= 0.3 is 0 Å². The molecule has 0 aliphatic rings. The summed E-state index contributed by atoms with van der Waals surface area (Å²) in [5.74, 6) is 0.774. The van der Waals surface area contributed by atoms with Crippen LogP contribution in [0, 0.1) is 6.92 Å². The standard InChI is InChI=1S/C15H15N3O2/c1-10-7-11(17-20-10)9-16-13-8-15(19)18(2)14-6-4-3-5-12(13)14/h3-8,16H,9H2,1-2H3. The SMILES string of the molecule is Cc1cc(CNc2cc(=O)n(C)c3ccccc23)no1. The molecule has 0 spiro atoms. The molecule has 0 bridgehead atoms. The average Bonchev–Trinajstić information content (AvgIpc) is 2.87. The third-order valence-electron chi connectivity index (χ3n) is 3.29. The first-order valence-corrected chi connectivity index (χ1v) is 6.40. The Bertz CT molecular complexity index is 817. The van der Waals surface area contributed by atoms with Crippen LogP contribution in [0.25, 0.3) is 10.9 Å². The second-order valence-corrected chi connectivity index (χ2v) is 4.75. The largest absolute Gasteiger partial charge is 0.379 e. The van der Waals surface area contributed by atoms with Gasteiger partial charge in [0.1, 0.15) is 11.5 Å². The van der Waals surface area contributed by atoms with Crippen molar-refractivity contribution in [3.05, 3.63) is 58.2 Å². The summed E-state index contributed by atoms with van der Waals surface area (Å²) in [4.78, 5) is 12.0. The minimum atomic E-state index is -0.0393. The molecule has 0 radical (unpaired) electrons. The van der Waals surface area contributed by atoms with Crippen molar-refractivity contribution >= 4 is 16.6 Å². The van der Waals surface area contributed by atoms with Crippen molar-refractivity contribution < 1.29 is 4.52 Å². The minimum Gasteiger partial charge on any atom is -0.379 e. The Hall–Kier alpha value is -2.56. The molecule has 0 amide bonds. The first-order chi connectivity index (χ1) is 9.65. The summed E-state index contributed by atoms with van der Waals surface area (Å²) in [6, 6.07) is 11.3. The van der Waals surface area contributed by atoms with E-state index in [9.17, 15) is 4.79 Å². The van der Waals surface area contributed by atoms with Gasteiger partial charge in [-0.25, -0.2) is 0 Å². The molecule has 20 heavy (non-hydrogen) atoms. The van der Waals surface area contributed by atoms with Gasteiger partial charge in [0.05, 0.1) is 12.1 Å². The van der Waals surface area contributed by atoms with Gasteiger partial charge in [-0.15, -0.1) is 0 Å². The van der Waals surface area contributed by atoms with Crippen molar-refractivity contribution in [1.82, 2.24) is 9.72 Å². The van der Waals surface area contributed by atoms with E-state index in [2.05, 4.69) is 10.5 Å². The highest BCUT2D eigenvalue weighted by molar-refractivity contribution is 5.91. The number of anilines is 1. The monoisotopic (exact) mass is 269 g/mol. The molecule has 0 unspecified atom stereocenters. The van der Waals surface area contributed by atoms with Gasteiger partial charge in [0, 0.05) is 30.3 Å². The van der Waals surface area contributed by atoms with Crippen LogP contribution in [-0.2, 0) is 13.6 Å². The van der Waals surface area contributed by atoms with Crippen molar-refractivity contribution in [2.24, 2.45) is 7.05 Å². The van der Waals surface area contributed by atoms with Gasteiger partial charge in [-0.05, 0) is 13.0 Å². The number of nitrogens with zero attached hydrogens (tertiary/aromatic N) is 2. The summed E-state index contributed by atoms with van der Waals surface area (Å²) < 4.78 is 6.67. The molecule has 2 heterocycles. The topological polar surface area (TPSA) is 60.1 Å². The summed E-state index contributed by atoms with van der Waals surface area (Å²) in [7, 11) is 1.77. The molecular formula is C15H15N3O2. The second kappa shape index (κ2) is 4.85. The van der Waals surface area contributed by atoms with Gasteiger partial charge in [-0.2, -0.15) is 0 Å². The van der Waals surface area contributed by atoms with E-state index in [0.717, 1.165) is 28.0 Å². The smallest absolute Gasteiger partial charge is 0.252 e. The van der Waals surface area contributed by atoms with Crippen molar-refractivity contribution in [1.29, 1.82) is 0 Å². The zero-order valence-electron chi connectivity index (χ0n) is 11.4. The predicted molar refractivity (Wildman–Crippen MR) is 77.8 cm³/mol. The summed E-state index contributed by atoms with van der Waals surface area (Å²) in [5, 5.41) is 8.19. The molecule has 1 N–H and O–H groups in total.